The first kappa shape index (κ1) is 8.16. The van der Waals surface area contributed by atoms with Gasteiger partial charge in [-0.3, -0.25) is 0 Å². The predicted octanol–water partition coefficient (Wildman–Crippen LogP) is 1.14. The summed E-state index contributed by atoms with van der Waals surface area (Å²) in [6, 6.07) is 0. The zero-order valence-electron chi connectivity index (χ0n) is 7.88. The minimum absolute atomic E-state index is 0.119. The van der Waals surface area contributed by atoms with E-state index in [2.05, 4.69) is 19.9 Å². The summed E-state index contributed by atoms with van der Waals surface area (Å²) in [5, 5.41) is 0. The number of allylic oxidation sites excluding steroid dienone is 4. The summed E-state index contributed by atoms with van der Waals surface area (Å²) in [6.45, 7) is 0. The molecule has 0 saturated carbocycles. The summed E-state index contributed by atoms with van der Waals surface area (Å²) in [5.41, 5.74) is 7.11. The molecule has 1 aliphatic rings. The van der Waals surface area contributed by atoms with Crippen LogP contribution < -0.4 is 5.73 Å². The molecule has 0 bridgehead atoms. The van der Waals surface area contributed by atoms with E-state index in [4.69, 9.17) is 5.73 Å². The maximum atomic E-state index is 5.80. The molecule has 0 atom stereocenters. The molecule has 1 aliphatic carbocycles. The predicted molar refractivity (Wildman–Crippen MR) is 57.1 cm³/mol. The molecule has 0 amide bonds. The minimum atomic E-state index is 0.119. The smallest absolute Gasteiger partial charge is 0.183 e. The molecule has 0 unspecified atom stereocenters. The van der Waals surface area contributed by atoms with Gasteiger partial charge in [0.2, 0.25) is 0 Å². The van der Waals surface area contributed by atoms with Gasteiger partial charge in [-0.2, -0.15) is 0 Å². The molecule has 2 heterocycles. The van der Waals surface area contributed by atoms with E-state index in [1.807, 2.05) is 24.3 Å². The molecule has 0 aromatic carbocycles. The van der Waals surface area contributed by atoms with Gasteiger partial charge in [-0.05, 0) is 0 Å². The van der Waals surface area contributed by atoms with Gasteiger partial charge in [0.15, 0.2) is 11.5 Å². The highest BCUT2D eigenvalue weighted by molar-refractivity contribution is 5.80. The second kappa shape index (κ2) is 2.91. The van der Waals surface area contributed by atoms with Crippen LogP contribution in [0.4, 0.5) is 5.82 Å². The van der Waals surface area contributed by atoms with Crippen molar-refractivity contribution in [1.29, 1.82) is 0 Å². The zero-order chi connectivity index (χ0) is 10.3. The molecule has 2 aromatic heterocycles. The zero-order valence-corrected chi connectivity index (χ0v) is 7.88. The van der Waals surface area contributed by atoms with Crippen molar-refractivity contribution in [3.63, 3.8) is 0 Å². The number of nitrogen functional groups attached to an aromatic ring is 1. The second-order valence-electron chi connectivity index (χ2n) is 3.36. The van der Waals surface area contributed by atoms with E-state index < -0.39 is 0 Å². The van der Waals surface area contributed by atoms with Gasteiger partial charge in [0.1, 0.15) is 11.3 Å². The van der Waals surface area contributed by atoms with Crippen LogP contribution in [0.5, 0.6) is 0 Å². The molecule has 5 heteroatoms. The summed E-state index contributed by atoms with van der Waals surface area (Å²) < 4.78 is 0. The molecular formula is C10H9N5. The molecule has 5 nitrogen and oxygen atoms in total. The number of hydrogen-bond acceptors (Lipinski definition) is 4. The number of aromatic nitrogens is 4. The van der Waals surface area contributed by atoms with Crippen LogP contribution in [0.25, 0.3) is 11.2 Å². The SMILES string of the molecule is Nc1nc(C2C=CC=C2)nc2nc[nH]c12. The third-order valence-corrected chi connectivity index (χ3v) is 2.38. The molecule has 2 aromatic rings. The van der Waals surface area contributed by atoms with Crippen LogP contribution >= 0.6 is 0 Å². The van der Waals surface area contributed by atoms with Crippen molar-refractivity contribution in [2.45, 2.75) is 5.92 Å². The Hall–Kier alpha value is -2.17. The maximum absolute atomic E-state index is 5.80. The minimum Gasteiger partial charge on any atom is -0.382 e. The van der Waals surface area contributed by atoms with E-state index in [1.54, 1.807) is 6.33 Å². The first-order valence-corrected chi connectivity index (χ1v) is 4.66. The average Bonchev–Trinajstić information content (AvgIpc) is 2.88. The molecule has 3 N–H and O–H groups in total. The van der Waals surface area contributed by atoms with Crippen molar-refractivity contribution in [2.75, 3.05) is 5.73 Å². The second-order valence-corrected chi connectivity index (χ2v) is 3.36. The number of aromatic amines is 1. The number of H-pyrrole nitrogens is 1. The topological polar surface area (TPSA) is 80.5 Å². The highest BCUT2D eigenvalue weighted by Gasteiger charge is 2.14. The lowest BCUT2D eigenvalue weighted by molar-refractivity contribution is 0.935. The van der Waals surface area contributed by atoms with Crippen molar-refractivity contribution in [2.24, 2.45) is 0 Å². The highest BCUT2D eigenvalue weighted by Crippen LogP contribution is 2.22. The number of fused-ring (bicyclic) bond motifs is 1. The van der Waals surface area contributed by atoms with Crippen molar-refractivity contribution >= 4 is 17.0 Å². The Morgan fingerprint density at radius 1 is 1.20 bits per heavy atom. The summed E-state index contributed by atoms with van der Waals surface area (Å²) in [6.07, 6.45) is 9.55. The highest BCUT2D eigenvalue weighted by atomic mass is 15.0. The number of imidazole rings is 1. The van der Waals surface area contributed by atoms with Crippen LogP contribution in [0.1, 0.15) is 11.7 Å². The Morgan fingerprint density at radius 2 is 2.00 bits per heavy atom. The van der Waals surface area contributed by atoms with Crippen molar-refractivity contribution in [3.05, 3.63) is 36.5 Å². The molecule has 0 saturated heterocycles. The lowest BCUT2D eigenvalue weighted by Gasteiger charge is -2.04. The van der Waals surface area contributed by atoms with E-state index in [9.17, 15) is 0 Å². The largest absolute Gasteiger partial charge is 0.382 e. The third-order valence-electron chi connectivity index (χ3n) is 2.38. The molecule has 0 fully saturated rings. The average molecular weight is 199 g/mol. The third kappa shape index (κ3) is 1.20. The van der Waals surface area contributed by atoms with E-state index in [0.717, 1.165) is 0 Å². The molecule has 3 rings (SSSR count). The van der Waals surface area contributed by atoms with Gasteiger partial charge in [0.25, 0.3) is 0 Å². The quantitative estimate of drug-likeness (QED) is 0.721. The Morgan fingerprint density at radius 3 is 2.80 bits per heavy atom. The van der Waals surface area contributed by atoms with Crippen molar-refractivity contribution < 1.29 is 0 Å². The first-order valence-electron chi connectivity index (χ1n) is 4.66. The van der Waals surface area contributed by atoms with E-state index in [0.29, 0.717) is 22.8 Å². The van der Waals surface area contributed by atoms with E-state index >= 15 is 0 Å². The van der Waals surface area contributed by atoms with Crippen molar-refractivity contribution in [1.82, 2.24) is 19.9 Å². The molecule has 0 spiro atoms. The van der Waals surface area contributed by atoms with Crippen LogP contribution in [0, 0.1) is 0 Å². The number of nitrogens with zero attached hydrogens (tertiary/aromatic N) is 3. The van der Waals surface area contributed by atoms with E-state index in [1.165, 1.54) is 0 Å². The molecule has 0 radical (unpaired) electrons. The van der Waals surface area contributed by atoms with Crippen LogP contribution in [0.2, 0.25) is 0 Å². The van der Waals surface area contributed by atoms with Gasteiger partial charge in [-0.1, -0.05) is 24.3 Å². The monoisotopic (exact) mass is 199 g/mol. The number of rotatable bonds is 1. The van der Waals surface area contributed by atoms with Gasteiger partial charge >= 0.3 is 0 Å². The Bertz CT molecular complexity index is 554. The Balaban J connectivity index is 2.19. The molecule has 74 valence electrons. The first-order chi connectivity index (χ1) is 7.34. The van der Waals surface area contributed by atoms with Gasteiger partial charge in [-0.15, -0.1) is 0 Å². The fraction of sp³-hybridized carbons (Fsp3) is 0.100. The van der Waals surface area contributed by atoms with Crippen molar-refractivity contribution in [3.8, 4) is 0 Å². The Kier molecular flexibility index (Phi) is 1.58. The number of nitrogens with two attached hydrogens (primary N) is 1. The van der Waals surface area contributed by atoms with Gasteiger partial charge in [-0.25, -0.2) is 15.0 Å². The summed E-state index contributed by atoms with van der Waals surface area (Å²) in [7, 11) is 0. The van der Waals surface area contributed by atoms with Gasteiger partial charge < -0.3 is 10.7 Å². The molecule has 0 aliphatic heterocycles. The number of anilines is 1. The van der Waals surface area contributed by atoms with E-state index in [-0.39, 0.29) is 5.92 Å². The normalized spacial score (nSPS) is 15.5. The van der Waals surface area contributed by atoms with Crippen LogP contribution in [0.15, 0.2) is 30.6 Å². The number of hydrogen-bond donors (Lipinski definition) is 2. The maximum Gasteiger partial charge on any atom is 0.183 e. The summed E-state index contributed by atoms with van der Waals surface area (Å²) in [4.78, 5) is 15.6. The lowest BCUT2D eigenvalue weighted by atomic mass is 10.1. The van der Waals surface area contributed by atoms with Crippen LogP contribution in [-0.2, 0) is 0 Å². The summed E-state index contributed by atoms with van der Waals surface area (Å²) in [5.74, 6) is 1.26. The van der Waals surface area contributed by atoms with Gasteiger partial charge in [0.05, 0.1) is 12.2 Å². The fourth-order valence-corrected chi connectivity index (χ4v) is 1.63. The molecular weight excluding hydrogens is 190 g/mol. The standard InChI is InChI=1S/C10H9N5/c11-8-7-10(13-5-12-7)15-9(14-8)6-3-1-2-4-6/h1-6H,(H3,11,12,13,14,15). The summed E-state index contributed by atoms with van der Waals surface area (Å²) >= 11 is 0. The van der Waals surface area contributed by atoms with Crippen LogP contribution in [-0.4, -0.2) is 19.9 Å². The fourth-order valence-electron chi connectivity index (χ4n) is 1.63. The van der Waals surface area contributed by atoms with Gasteiger partial charge in [0, 0.05) is 0 Å². The Labute approximate surface area is 85.8 Å². The number of nitrogens with one attached hydrogen (secondary N) is 1. The lowest BCUT2D eigenvalue weighted by Crippen LogP contribution is -2.03. The molecule has 15 heavy (non-hydrogen) atoms. The van der Waals surface area contributed by atoms with Crippen LogP contribution in [0.3, 0.4) is 0 Å².